The maximum atomic E-state index is 7.09. The molecule has 0 unspecified atom stereocenters. The van der Waals surface area contributed by atoms with Crippen LogP contribution >= 0.6 is 11.3 Å². The van der Waals surface area contributed by atoms with Crippen LogP contribution in [0.5, 0.6) is 0 Å². The smallest absolute Gasteiger partial charge is 0.145 e. The molecule has 0 aliphatic heterocycles. The Morgan fingerprint density at radius 2 is 0.969 bits per heavy atom. The van der Waals surface area contributed by atoms with Gasteiger partial charge in [0.25, 0.3) is 0 Å². The molecule has 0 amide bonds. The SMILES string of the molecule is c1ccc(-c2ccc3c(c2)oc2c(-c4ccccc4)ccc(N(c4ccc5oc6cc(-c7ccccc7)cc(-c7ccccc7)c6c5c4)c4cccc5c4sc4ccccc45)c23)cc1. The number of fused-ring (bicyclic) bond motifs is 9. The normalized spacial score (nSPS) is 11.8. The van der Waals surface area contributed by atoms with Crippen LogP contribution < -0.4 is 4.90 Å². The van der Waals surface area contributed by atoms with Gasteiger partial charge in [-0.3, -0.25) is 0 Å². The van der Waals surface area contributed by atoms with Gasteiger partial charge >= 0.3 is 0 Å². The summed E-state index contributed by atoms with van der Waals surface area (Å²) in [5.74, 6) is 0. The third-order valence-corrected chi connectivity index (χ3v) is 13.9. The first-order valence-electron chi connectivity index (χ1n) is 21.7. The van der Waals surface area contributed by atoms with Gasteiger partial charge in [0.15, 0.2) is 0 Å². The molecule has 0 saturated carbocycles. The molecule has 0 N–H and O–H groups in total. The zero-order valence-corrected chi connectivity index (χ0v) is 35.4. The summed E-state index contributed by atoms with van der Waals surface area (Å²) in [5, 5.41) is 6.76. The van der Waals surface area contributed by atoms with Crippen molar-refractivity contribution in [3.63, 3.8) is 0 Å². The van der Waals surface area contributed by atoms with Crippen molar-refractivity contribution >= 4 is 92.4 Å². The Morgan fingerprint density at radius 3 is 1.72 bits per heavy atom. The van der Waals surface area contributed by atoms with Gasteiger partial charge in [-0.05, 0) is 106 Å². The summed E-state index contributed by atoms with van der Waals surface area (Å²) in [6, 6.07) is 80.2. The number of thiophene rings is 1. The fourth-order valence-electron chi connectivity index (χ4n) is 9.70. The predicted molar refractivity (Wildman–Crippen MR) is 270 cm³/mol. The Hall–Kier alpha value is -8.18. The van der Waals surface area contributed by atoms with Gasteiger partial charge in [0, 0.05) is 42.9 Å². The molecular formula is C60H37NO2S. The van der Waals surface area contributed by atoms with Crippen LogP contribution in [0, 0.1) is 0 Å². The fraction of sp³-hybridized carbons (Fsp3) is 0. The maximum absolute atomic E-state index is 7.09. The molecule has 0 spiro atoms. The molecule has 0 aliphatic carbocycles. The molecule has 13 aromatic rings. The van der Waals surface area contributed by atoms with E-state index in [0.717, 1.165) is 105 Å². The first-order valence-corrected chi connectivity index (χ1v) is 22.5. The van der Waals surface area contributed by atoms with Crippen LogP contribution in [-0.2, 0) is 0 Å². The molecule has 300 valence electrons. The van der Waals surface area contributed by atoms with Gasteiger partial charge in [-0.1, -0.05) is 158 Å². The number of rotatable bonds is 7. The molecule has 3 nitrogen and oxygen atoms in total. The van der Waals surface area contributed by atoms with Crippen molar-refractivity contribution in [3.8, 4) is 44.5 Å². The number of benzene rings is 10. The minimum absolute atomic E-state index is 0.841. The first-order chi connectivity index (χ1) is 31.7. The lowest BCUT2D eigenvalue weighted by molar-refractivity contribution is 0.669. The van der Waals surface area contributed by atoms with Crippen LogP contribution in [-0.4, -0.2) is 0 Å². The largest absolute Gasteiger partial charge is 0.456 e. The molecule has 0 fully saturated rings. The summed E-state index contributed by atoms with van der Waals surface area (Å²) >= 11 is 1.84. The van der Waals surface area contributed by atoms with Crippen LogP contribution in [0.4, 0.5) is 17.1 Å². The summed E-state index contributed by atoms with van der Waals surface area (Å²) < 4.78 is 16.4. The zero-order chi connectivity index (χ0) is 42.1. The third kappa shape index (κ3) is 5.88. The van der Waals surface area contributed by atoms with E-state index in [-0.39, 0.29) is 0 Å². The van der Waals surface area contributed by atoms with E-state index in [1.807, 2.05) is 11.3 Å². The van der Waals surface area contributed by atoms with Gasteiger partial charge in [-0.2, -0.15) is 0 Å². The highest BCUT2D eigenvalue weighted by Crippen LogP contribution is 2.51. The fourth-order valence-corrected chi connectivity index (χ4v) is 10.9. The van der Waals surface area contributed by atoms with Crippen molar-refractivity contribution in [1.82, 2.24) is 0 Å². The second-order valence-electron chi connectivity index (χ2n) is 16.4. The Kier molecular flexibility index (Phi) is 8.40. The van der Waals surface area contributed by atoms with Gasteiger partial charge in [0.1, 0.15) is 22.3 Å². The molecule has 0 aliphatic rings. The topological polar surface area (TPSA) is 29.5 Å². The van der Waals surface area contributed by atoms with Gasteiger partial charge < -0.3 is 13.7 Å². The quantitative estimate of drug-likeness (QED) is 0.160. The van der Waals surface area contributed by atoms with Crippen LogP contribution in [0.2, 0.25) is 0 Å². The van der Waals surface area contributed by atoms with E-state index in [4.69, 9.17) is 8.83 Å². The van der Waals surface area contributed by atoms with E-state index < -0.39 is 0 Å². The van der Waals surface area contributed by atoms with Crippen molar-refractivity contribution in [1.29, 1.82) is 0 Å². The van der Waals surface area contributed by atoms with Gasteiger partial charge in [0.2, 0.25) is 0 Å². The average Bonchev–Trinajstić information content (AvgIpc) is 4.07. The average molecular weight is 836 g/mol. The highest BCUT2D eigenvalue weighted by atomic mass is 32.1. The first kappa shape index (κ1) is 36.5. The van der Waals surface area contributed by atoms with Crippen LogP contribution in [0.15, 0.2) is 233 Å². The Morgan fingerprint density at radius 1 is 0.328 bits per heavy atom. The van der Waals surface area contributed by atoms with E-state index in [2.05, 4.69) is 229 Å². The van der Waals surface area contributed by atoms with Gasteiger partial charge in [-0.25, -0.2) is 0 Å². The number of furan rings is 2. The molecule has 0 bridgehead atoms. The predicted octanol–water partition coefficient (Wildman–Crippen LogP) is 18.0. The van der Waals surface area contributed by atoms with E-state index in [0.29, 0.717) is 0 Å². The molecule has 3 heterocycles. The van der Waals surface area contributed by atoms with E-state index in [1.165, 1.54) is 20.2 Å². The van der Waals surface area contributed by atoms with Crippen LogP contribution in [0.1, 0.15) is 0 Å². The molecule has 13 rings (SSSR count). The molecule has 10 aromatic carbocycles. The second-order valence-corrected chi connectivity index (χ2v) is 17.4. The van der Waals surface area contributed by atoms with Crippen molar-refractivity contribution in [3.05, 3.63) is 224 Å². The number of anilines is 3. The van der Waals surface area contributed by atoms with Gasteiger partial charge in [0.05, 0.1) is 21.5 Å². The van der Waals surface area contributed by atoms with Crippen molar-refractivity contribution < 1.29 is 8.83 Å². The molecule has 0 radical (unpaired) electrons. The van der Waals surface area contributed by atoms with Crippen molar-refractivity contribution in [2.45, 2.75) is 0 Å². The molecule has 4 heteroatoms. The Labute approximate surface area is 373 Å². The number of hydrogen-bond donors (Lipinski definition) is 0. The minimum atomic E-state index is 0.841. The van der Waals surface area contributed by atoms with E-state index in [1.54, 1.807) is 0 Å². The lowest BCUT2D eigenvalue weighted by Crippen LogP contribution is -2.10. The Bertz CT molecular complexity index is 3890. The second kappa shape index (κ2) is 14.7. The maximum Gasteiger partial charge on any atom is 0.145 e. The highest BCUT2D eigenvalue weighted by molar-refractivity contribution is 7.26. The summed E-state index contributed by atoms with van der Waals surface area (Å²) in [5.41, 5.74) is 15.5. The Balaban J connectivity index is 1.12. The molecular weight excluding hydrogens is 799 g/mol. The van der Waals surface area contributed by atoms with Gasteiger partial charge in [-0.15, -0.1) is 11.3 Å². The summed E-state index contributed by atoms with van der Waals surface area (Å²) in [4.78, 5) is 2.45. The van der Waals surface area contributed by atoms with E-state index in [9.17, 15) is 0 Å². The standard InChI is InChI=1S/C60H37NO2S/c1-5-16-38(17-6-1)42-28-30-48-54(35-42)63-59-45(40-20-9-3-10-21-40)31-32-51(58(48)59)61(52-26-15-25-47-46-24-13-14-27-56(46)64-60(47)52)44-29-33-53-50(37-44)57-49(41-22-11-4-12-23-41)34-43(36-55(57)62-53)39-18-7-2-8-19-39/h1-37H. The van der Waals surface area contributed by atoms with Crippen LogP contribution in [0.25, 0.3) is 109 Å². The third-order valence-electron chi connectivity index (χ3n) is 12.7. The summed E-state index contributed by atoms with van der Waals surface area (Å²) in [7, 11) is 0. The monoisotopic (exact) mass is 835 g/mol. The lowest BCUT2D eigenvalue weighted by atomic mass is 9.94. The van der Waals surface area contributed by atoms with Crippen molar-refractivity contribution in [2.24, 2.45) is 0 Å². The zero-order valence-electron chi connectivity index (χ0n) is 34.5. The highest BCUT2D eigenvalue weighted by Gasteiger charge is 2.26. The molecule has 3 aromatic heterocycles. The summed E-state index contributed by atoms with van der Waals surface area (Å²) in [6.45, 7) is 0. The van der Waals surface area contributed by atoms with Crippen molar-refractivity contribution in [2.75, 3.05) is 4.90 Å². The molecule has 0 atom stereocenters. The van der Waals surface area contributed by atoms with Crippen LogP contribution in [0.3, 0.4) is 0 Å². The number of hydrogen-bond acceptors (Lipinski definition) is 4. The lowest BCUT2D eigenvalue weighted by Gasteiger charge is -2.27. The molecule has 0 saturated heterocycles. The summed E-state index contributed by atoms with van der Waals surface area (Å²) in [6.07, 6.45) is 0. The van der Waals surface area contributed by atoms with E-state index >= 15 is 0 Å². The minimum Gasteiger partial charge on any atom is -0.456 e. The number of nitrogens with zero attached hydrogens (tertiary/aromatic N) is 1. The molecule has 64 heavy (non-hydrogen) atoms.